The van der Waals surface area contributed by atoms with E-state index in [2.05, 4.69) is 0 Å². The van der Waals surface area contributed by atoms with E-state index >= 15 is 0 Å². The molecule has 1 aliphatic heterocycles. The molecule has 0 aromatic heterocycles. The number of para-hydroxylation sites is 1. The van der Waals surface area contributed by atoms with Crippen LogP contribution < -0.4 is 4.90 Å². The van der Waals surface area contributed by atoms with Crippen molar-refractivity contribution in [3.05, 3.63) is 69.7 Å². The van der Waals surface area contributed by atoms with Gasteiger partial charge in [-0.05, 0) is 23.8 Å². The van der Waals surface area contributed by atoms with Crippen molar-refractivity contribution in [3.63, 3.8) is 0 Å². The Kier molecular flexibility index (Phi) is 5.84. The van der Waals surface area contributed by atoms with Gasteiger partial charge in [0.05, 0.1) is 12.1 Å². The van der Waals surface area contributed by atoms with Gasteiger partial charge in [-0.3, -0.25) is 9.59 Å². The number of anilines is 1. The number of carbonyl (C=O) groups excluding carboxylic acids is 2. The maximum Gasteiger partial charge on any atom is 0.310 e. The highest BCUT2D eigenvalue weighted by Gasteiger charge is 2.28. The highest BCUT2D eigenvalue weighted by molar-refractivity contribution is 8.03. The fourth-order valence-electron chi connectivity index (χ4n) is 2.62. The quantitative estimate of drug-likeness (QED) is 0.431. The normalized spacial score (nSPS) is 14.3. The van der Waals surface area contributed by atoms with Crippen molar-refractivity contribution >= 4 is 40.8 Å². The Morgan fingerprint density at radius 2 is 1.89 bits per heavy atom. The fraction of sp³-hybridized carbons (Fsp3) is 0.150. The van der Waals surface area contributed by atoms with E-state index in [1.165, 1.54) is 11.8 Å². The molecule has 0 unspecified atom stereocenters. The van der Waals surface area contributed by atoms with Crippen LogP contribution in [-0.2, 0) is 20.7 Å². The van der Waals surface area contributed by atoms with E-state index in [0.29, 0.717) is 15.6 Å². The van der Waals surface area contributed by atoms with Crippen LogP contribution in [0.3, 0.4) is 0 Å². The Morgan fingerprint density at radius 3 is 2.59 bits per heavy atom. The lowest BCUT2D eigenvalue weighted by Gasteiger charge is -2.14. The van der Waals surface area contributed by atoms with E-state index in [1.54, 1.807) is 36.2 Å². The lowest BCUT2D eigenvalue weighted by atomic mass is 10.1. The number of carbonyl (C=O) groups is 2. The minimum atomic E-state index is -0.575. The molecule has 5 nitrogen and oxygen atoms in total. The van der Waals surface area contributed by atoms with Crippen LogP contribution in [0.2, 0.25) is 5.02 Å². The SMILES string of the molecule is CN1/C(=C(\C#N)C(=O)COC(=O)Cc2ccccc2Cl)Sc2ccccc21. The Bertz CT molecular complexity index is 981. The number of fused-ring (bicyclic) bond motifs is 1. The van der Waals surface area contributed by atoms with E-state index in [9.17, 15) is 14.9 Å². The smallest absolute Gasteiger partial charge is 0.310 e. The average Bonchev–Trinajstić information content (AvgIpc) is 2.99. The summed E-state index contributed by atoms with van der Waals surface area (Å²) in [6.07, 6.45) is -0.0362. The van der Waals surface area contributed by atoms with Crippen LogP contribution in [0.1, 0.15) is 5.56 Å². The van der Waals surface area contributed by atoms with Gasteiger partial charge >= 0.3 is 5.97 Å². The zero-order valence-electron chi connectivity index (χ0n) is 14.4. The number of esters is 1. The maximum atomic E-state index is 12.5. The minimum absolute atomic E-state index is 0.0238. The number of hydrogen-bond donors (Lipinski definition) is 0. The summed E-state index contributed by atoms with van der Waals surface area (Å²) >= 11 is 7.37. The third-order valence-electron chi connectivity index (χ3n) is 4.00. The molecule has 0 saturated carbocycles. The number of nitriles is 1. The van der Waals surface area contributed by atoms with E-state index in [4.69, 9.17) is 16.3 Å². The number of halogens is 1. The Labute approximate surface area is 166 Å². The van der Waals surface area contributed by atoms with Crippen molar-refractivity contribution in [2.45, 2.75) is 11.3 Å². The summed E-state index contributed by atoms with van der Waals surface area (Å²) in [6, 6.07) is 16.5. The first-order chi connectivity index (χ1) is 13.0. The minimum Gasteiger partial charge on any atom is -0.457 e. The third kappa shape index (κ3) is 4.16. The van der Waals surface area contributed by atoms with Gasteiger partial charge in [-0.25, -0.2) is 0 Å². The van der Waals surface area contributed by atoms with Gasteiger partial charge in [0, 0.05) is 17.0 Å². The highest BCUT2D eigenvalue weighted by atomic mass is 35.5. The molecule has 2 aromatic rings. The number of ether oxygens (including phenoxy) is 1. The lowest BCUT2D eigenvalue weighted by molar-refractivity contribution is -0.146. The van der Waals surface area contributed by atoms with Gasteiger partial charge in [0.15, 0.2) is 6.61 Å². The van der Waals surface area contributed by atoms with E-state index in [0.717, 1.165) is 10.6 Å². The molecule has 0 saturated heterocycles. The molecule has 1 aliphatic rings. The van der Waals surface area contributed by atoms with E-state index < -0.39 is 18.4 Å². The molecule has 0 aliphatic carbocycles. The first-order valence-corrected chi connectivity index (χ1v) is 9.28. The summed E-state index contributed by atoms with van der Waals surface area (Å²) in [4.78, 5) is 27.2. The standard InChI is InChI=1S/C20H15ClN2O3S/c1-23-16-8-4-5-9-18(16)27-20(23)14(11-22)17(24)12-26-19(25)10-13-6-2-3-7-15(13)21/h2-9H,10,12H2,1H3/b20-14-. The van der Waals surface area contributed by atoms with Crippen LogP contribution in [0.15, 0.2) is 64.0 Å². The fourth-order valence-corrected chi connectivity index (χ4v) is 3.98. The molecule has 27 heavy (non-hydrogen) atoms. The molecule has 136 valence electrons. The molecule has 0 spiro atoms. The van der Waals surface area contributed by atoms with Gasteiger partial charge in [-0.1, -0.05) is 53.7 Å². The van der Waals surface area contributed by atoms with Gasteiger partial charge in [-0.2, -0.15) is 5.26 Å². The molecule has 0 fully saturated rings. The van der Waals surface area contributed by atoms with Crippen LogP contribution in [0, 0.1) is 11.3 Å². The first kappa shape index (κ1) is 19.0. The molecule has 7 heteroatoms. The van der Waals surface area contributed by atoms with E-state index in [1.807, 2.05) is 30.3 Å². The third-order valence-corrected chi connectivity index (χ3v) is 5.60. The topological polar surface area (TPSA) is 70.4 Å². The summed E-state index contributed by atoms with van der Waals surface area (Å²) in [5, 5.41) is 10.5. The molecule has 0 radical (unpaired) electrons. The molecular formula is C20H15ClN2O3S. The molecule has 0 atom stereocenters. The lowest BCUT2D eigenvalue weighted by Crippen LogP contribution is -2.20. The van der Waals surface area contributed by atoms with Crippen molar-refractivity contribution in [1.82, 2.24) is 0 Å². The van der Waals surface area contributed by atoms with Crippen LogP contribution in [0.25, 0.3) is 0 Å². The molecule has 1 heterocycles. The number of Topliss-reactive ketones (excluding diaryl/α,β-unsaturated/α-hetero) is 1. The number of rotatable bonds is 5. The number of ketones is 1. The second-order valence-electron chi connectivity index (χ2n) is 5.77. The molecule has 2 aromatic carbocycles. The van der Waals surface area contributed by atoms with Crippen LogP contribution in [0.5, 0.6) is 0 Å². The number of nitrogens with zero attached hydrogens (tertiary/aromatic N) is 2. The summed E-state index contributed by atoms with van der Waals surface area (Å²) < 4.78 is 5.06. The molecule has 0 N–H and O–H groups in total. The van der Waals surface area contributed by atoms with Crippen LogP contribution in [0.4, 0.5) is 5.69 Å². The summed E-state index contributed by atoms with van der Waals surface area (Å²) in [7, 11) is 1.79. The number of thioether (sulfide) groups is 1. The van der Waals surface area contributed by atoms with Crippen molar-refractivity contribution < 1.29 is 14.3 Å². The average molecular weight is 399 g/mol. The predicted octanol–water partition coefficient (Wildman–Crippen LogP) is 3.97. The zero-order chi connectivity index (χ0) is 19.4. The molecule has 0 amide bonds. The van der Waals surface area contributed by atoms with Gasteiger partial charge in [0.2, 0.25) is 5.78 Å². The van der Waals surface area contributed by atoms with Crippen molar-refractivity contribution in [2.75, 3.05) is 18.6 Å². The summed E-state index contributed by atoms with van der Waals surface area (Å²) in [5.74, 6) is -1.11. The number of benzene rings is 2. The Balaban J connectivity index is 1.67. The summed E-state index contributed by atoms with van der Waals surface area (Å²) in [5.41, 5.74) is 1.52. The predicted molar refractivity (Wildman–Crippen MR) is 104 cm³/mol. The zero-order valence-corrected chi connectivity index (χ0v) is 16.0. The highest BCUT2D eigenvalue weighted by Crippen LogP contribution is 2.46. The van der Waals surface area contributed by atoms with Crippen molar-refractivity contribution in [2.24, 2.45) is 0 Å². The second-order valence-corrected chi connectivity index (χ2v) is 7.21. The molecular weight excluding hydrogens is 384 g/mol. The van der Waals surface area contributed by atoms with Crippen molar-refractivity contribution in [3.8, 4) is 6.07 Å². The second kappa shape index (κ2) is 8.30. The van der Waals surface area contributed by atoms with E-state index in [-0.39, 0.29) is 12.0 Å². The summed E-state index contributed by atoms with van der Waals surface area (Å²) in [6.45, 7) is -0.486. The van der Waals surface area contributed by atoms with Crippen molar-refractivity contribution in [1.29, 1.82) is 5.26 Å². The molecule has 0 bridgehead atoms. The monoisotopic (exact) mass is 398 g/mol. The van der Waals surface area contributed by atoms with Crippen LogP contribution >= 0.6 is 23.4 Å². The Morgan fingerprint density at radius 1 is 1.19 bits per heavy atom. The van der Waals surface area contributed by atoms with Gasteiger partial charge < -0.3 is 9.64 Å². The van der Waals surface area contributed by atoms with Gasteiger partial charge in [0.1, 0.15) is 16.7 Å². The Hall–Kier alpha value is -2.75. The first-order valence-electron chi connectivity index (χ1n) is 8.08. The van der Waals surface area contributed by atoms with Crippen LogP contribution in [-0.4, -0.2) is 25.4 Å². The number of hydrogen-bond acceptors (Lipinski definition) is 6. The largest absolute Gasteiger partial charge is 0.457 e. The maximum absolute atomic E-state index is 12.5. The van der Waals surface area contributed by atoms with Gasteiger partial charge in [-0.15, -0.1) is 0 Å². The molecule has 3 rings (SSSR count). The van der Waals surface area contributed by atoms with Gasteiger partial charge in [0.25, 0.3) is 0 Å².